The molecule has 128 valence electrons. The lowest BCUT2D eigenvalue weighted by molar-refractivity contribution is -0.137. The van der Waals surface area contributed by atoms with Gasteiger partial charge >= 0.3 is 5.97 Å². The van der Waals surface area contributed by atoms with Crippen LogP contribution in [0.25, 0.3) is 0 Å². The largest absolute Gasteiger partial charge is 0.480 e. The SMILES string of the molecule is CN(CC(=O)O)S(=O)(=O)c1c[nH]c(C(=O)N2CCCCCC2)c1. The van der Waals surface area contributed by atoms with Crippen LogP contribution in [0.1, 0.15) is 36.2 Å². The molecule has 0 atom stereocenters. The molecule has 1 aromatic rings. The lowest BCUT2D eigenvalue weighted by Gasteiger charge is -2.19. The van der Waals surface area contributed by atoms with E-state index in [-0.39, 0.29) is 16.5 Å². The maximum absolute atomic E-state index is 12.4. The average Bonchev–Trinajstić information content (AvgIpc) is 2.83. The zero-order chi connectivity index (χ0) is 17.0. The van der Waals surface area contributed by atoms with Crippen LogP contribution in [0.4, 0.5) is 0 Å². The number of likely N-dealkylation sites (tertiary alicyclic amines) is 1. The number of hydrogen-bond acceptors (Lipinski definition) is 4. The van der Waals surface area contributed by atoms with Crippen LogP contribution in [0.15, 0.2) is 17.2 Å². The molecule has 1 amide bonds. The number of aliphatic carboxylic acids is 1. The Morgan fingerprint density at radius 3 is 2.43 bits per heavy atom. The molecule has 0 unspecified atom stereocenters. The van der Waals surface area contributed by atoms with Crippen molar-refractivity contribution in [2.75, 3.05) is 26.7 Å². The third-order valence-electron chi connectivity index (χ3n) is 3.85. The number of sulfonamides is 1. The van der Waals surface area contributed by atoms with Crippen LogP contribution in [0.2, 0.25) is 0 Å². The van der Waals surface area contributed by atoms with Crippen LogP contribution in [0.5, 0.6) is 0 Å². The van der Waals surface area contributed by atoms with E-state index in [0.29, 0.717) is 13.1 Å². The fraction of sp³-hybridized carbons (Fsp3) is 0.571. The van der Waals surface area contributed by atoms with Crippen molar-refractivity contribution in [3.8, 4) is 0 Å². The van der Waals surface area contributed by atoms with Gasteiger partial charge < -0.3 is 15.0 Å². The average molecular weight is 343 g/mol. The second-order valence-electron chi connectivity index (χ2n) is 5.61. The van der Waals surface area contributed by atoms with Gasteiger partial charge in [0.2, 0.25) is 10.0 Å². The van der Waals surface area contributed by atoms with Crippen molar-refractivity contribution in [3.05, 3.63) is 18.0 Å². The number of nitrogens with one attached hydrogen (secondary N) is 1. The molecule has 23 heavy (non-hydrogen) atoms. The molecule has 1 fully saturated rings. The van der Waals surface area contributed by atoms with Crippen molar-refractivity contribution in [3.63, 3.8) is 0 Å². The van der Waals surface area contributed by atoms with Gasteiger partial charge in [-0.25, -0.2) is 8.42 Å². The highest BCUT2D eigenvalue weighted by atomic mass is 32.2. The number of likely N-dealkylation sites (N-methyl/N-ethyl adjacent to an activating group) is 1. The Hall–Kier alpha value is -1.87. The molecule has 0 aliphatic carbocycles. The minimum atomic E-state index is -3.93. The number of carbonyl (C=O) groups is 2. The van der Waals surface area contributed by atoms with Crippen LogP contribution in [-0.2, 0) is 14.8 Å². The van der Waals surface area contributed by atoms with Gasteiger partial charge in [0.15, 0.2) is 0 Å². The molecule has 0 aromatic carbocycles. The minimum Gasteiger partial charge on any atom is -0.480 e. The molecule has 0 radical (unpaired) electrons. The number of carboxylic acids is 1. The van der Waals surface area contributed by atoms with E-state index in [2.05, 4.69) is 4.98 Å². The normalized spacial score (nSPS) is 16.3. The molecule has 2 rings (SSSR count). The molecule has 1 aromatic heterocycles. The fourth-order valence-corrected chi connectivity index (χ4v) is 3.66. The second-order valence-corrected chi connectivity index (χ2v) is 7.66. The zero-order valence-corrected chi connectivity index (χ0v) is 13.8. The Morgan fingerprint density at radius 2 is 1.87 bits per heavy atom. The van der Waals surface area contributed by atoms with Crippen molar-refractivity contribution >= 4 is 21.9 Å². The fourth-order valence-electron chi connectivity index (χ4n) is 2.55. The molecule has 2 N–H and O–H groups in total. The Labute approximate surface area is 135 Å². The number of aromatic amines is 1. The van der Waals surface area contributed by atoms with Crippen LogP contribution >= 0.6 is 0 Å². The first-order valence-corrected chi connectivity index (χ1v) is 8.92. The maximum atomic E-state index is 12.4. The summed E-state index contributed by atoms with van der Waals surface area (Å²) in [6.07, 6.45) is 5.29. The number of nitrogens with zero attached hydrogens (tertiary/aromatic N) is 2. The monoisotopic (exact) mass is 343 g/mol. The molecule has 1 aliphatic rings. The zero-order valence-electron chi connectivity index (χ0n) is 13.0. The van der Waals surface area contributed by atoms with E-state index in [1.807, 2.05) is 0 Å². The number of amides is 1. The van der Waals surface area contributed by atoms with Crippen LogP contribution in [-0.4, -0.2) is 66.3 Å². The van der Waals surface area contributed by atoms with Crippen molar-refractivity contribution in [1.82, 2.24) is 14.2 Å². The summed E-state index contributed by atoms with van der Waals surface area (Å²) in [5.41, 5.74) is 0.203. The van der Waals surface area contributed by atoms with Gasteiger partial charge in [-0.2, -0.15) is 4.31 Å². The first kappa shape index (κ1) is 17.5. The standard InChI is InChI=1S/C14H21N3O5S/c1-16(10-13(18)19)23(21,22)11-8-12(15-9-11)14(20)17-6-4-2-3-5-7-17/h8-9,15H,2-7,10H2,1H3,(H,18,19). The summed E-state index contributed by atoms with van der Waals surface area (Å²) in [5, 5.41) is 8.71. The Bertz CT molecular complexity index is 674. The second kappa shape index (κ2) is 7.14. The summed E-state index contributed by atoms with van der Waals surface area (Å²) in [5.74, 6) is -1.47. The maximum Gasteiger partial charge on any atom is 0.318 e. The van der Waals surface area contributed by atoms with E-state index in [0.717, 1.165) is 30.0 Å². The molecule has 0 spiro atoms. The lowest BCUT2D eigenvalue weighted by atomic mass is 10.2. The van der Waals surface area contributed by atoms with E-state index < -0.39 is 22.5 Å². The number of H-pyrrole nitrogens is 1. The summed E-state index contributed by atoms with van der Waals surface area (Å²) in [6.45, 7) is 0.695. The number of rotatable bonds is 5. The summed E-state index contributed by atoms with van der Waals surface area (Å²) in [4.78, 5) is 27.4. The Morgan fingerprint density at radius 1 is 1.26 bits per heavy atom. The first-order valence-electron chi connectivity index (χ1n) is 7.48. The predicted molar refractivity (Wildman–Crippen MR) is 82.6 cm³/mol. The molecular formula is C14H21N3O5S. The summed E-state index contributed by atoms with van der Waals surface area (Å²) in [7, 11) is -2.75. The Kier molecular flexibility index (Phi) is 5.42. The van der Waals surface area contributed by atoms with Gasteiger partial charge in [-0.3, -0.25) is 9.59 Å². The van der Waals surface area contributed by atoms with Gasteiger partial charge in [-0.1, -0.05) is 12.8 Å². The number of aromatic nitrogens is 1. The van der Waals surface area contributed by atoms with Gasteiger partial charge in [0.25, 0.3) is 5.91 Å². The highest BCUT2D eigenvalue weighted by molar-refractivity contribution is 7.89. The van der Waals surface area contributed by atoms with E-state index in [1.54, 1.807) is 4.90 Å². The molecule has 1 aliphatic heterocycles. The van der Waals surface area contributed by atoms with Crippen LogP contribution in [0.3, 0.4) is 0 Å². The highest BCUT2D eigenvalue weighted by Gasteiger charge is 2.26. The highest BCUT2D eigenvalue weighted by Crippen LogP contribution is 2.18. The molecule has 9 heteroatoms. The van der Waals surface area contributed by atoms with Gasteiger partial charge in [-0.05, 0) is 18.9 Å². The van der Waals surface area contributed by atoms with E-state index >= 15 is 0 Å². The van der Waals surface area contributed by atoms with E-state index in [9.17, 15) is 18.0 Å². The predicted octanol–water partition coefficient (Wildman–Crippen LogP) is 0.736. The Balaban J connectivity index is 2.16. The van der Waals surface area contributed by atoms with Crippen LogP contribution < -0.4 is 0 Å². The van der Waals surface area contributed by atoms with Gasteiger partial charge in [0.05, 0.1) is 0 Å². The van der Waals surface area contributed by atoms with Gasteiger partial charge in [-0.15, -0.1) is 0 Å². The topological polar surface area (TPSA) is 111 Å². The van der Waals surface area contributed by atoms with Gasteiger partial charge in [0.1, 0.15) is 17.1 Å². The quantitative estimate of drug-likeness (QED) is 0.819. The molecule has 2 heterocycles. The summed E-state index contributed by atoms with van der Waals surface area (Å²) < 4.78 is 25.2. The third kappa shape index (κ3) is 4.11. The number of carboxylic acid groups (broad SMARTS) is 1. The molecule has 0 bridgehead atoms. The van der Waals surface area contributed by atoms with Crippen molar-refractivity contribution in [2.24, 2.45) is 0 Å². The van der Waals surface area contributed by atoms with Crippen LogP contribution in [0, 0.1) is 0 Å². The lowest BCUT2D eigenvalue weighted by Crippen LogP contribution is -2.32. The number of carbonyl (C=O) groups excluding carboxylic acids is 1. The van der Waals surface area contributed by atoms with Crippen molar-refractivity contribution < 1.29 is 23.1 Å². The molecule has 1 saturated heterocycles. The van der Waals surface area contributed by atoms with E-state index in [4.69, 9.17) is 5.11 Å². The molecule has 0 saturated carbocycles. The van der Waals surface area contributed by atoms with Gasteiger partial charge in [0, 0.05) is 26.3 Å². The first-order chi connectivity index (χ1) is 10.8. The molecule has 8 nitrogen and oxygen atoms in total. The molecular weight excluding hydrogens is 322 g/mol. The summed E-state index contributed by atoms with van der Waals surface area (Å²) >= 11 is 0. The smallest absolute Gasteiger partial charge is 0.318 e. The number of hydrogen-bond donors (Lipinski definition) is 2. The van der Waals surface area contributed by atoms with Crippen molar-refractivity contribution in [2.45, 2.75) is 30.6 Å². The van der Waals surface area contributed by atoms with E-state index in [1.165, 1.54) is 19.3 Å². The minimum absolute atomic E-state index is 0.112. The summed E-state index contributed by atoms with van der Waals surface area (Å²) in [6, 6.07) is 1.26. The third-order valence-corrected chi connectivity index (χ3v) is 5.63. The van der Waals surface area contributed by atoms with Crippen molar-refractivity contribution in [1.29, 1.82) is 0 Å².